The van der Waals surface area contributed by atoms with Gasteiger partial charge in [-0.1, -0.05) is 32.5 Å². The summed E-state index contributed by atoms with van der Waals surface area (Å²) < 4.78 is 5.82. The average molecular weight is 320 g/mol. The van der Waals surface area contributed by atoms with Gasteiger partial charge < -0.3 is 4.74 Å². The molecule has 0 saturated heterocycles. The number of esters is 1. The van der Waals surface area contributed by atoms with E-state index in [2.05, 4.69) is 30.7 Å². The molecule has 0 spiro atoms. The van der Waals surface area contributed by atoms with E-state index < -0.39 is 0 Å². The number of thioether (sulfide) groups is 1. The van der Waals surface area contributed by atoms with E-state index in [4.69, 9.17) is 4.74 Å². The molecule has 0 aromatic carbocycles. The molecule has 0 radical (unpaired) electrons. The number of carbonyl (C=O) groups excluding carboxylic acids is 1. The molecule has 120 valence electrons. The minimum Gasteiger partial charge on any atom is -0.461 e. The Bertz CT molecular complexity index is 590. The molecule has 0 amide bonds. The first kappa shape index (κ1) is 15.8. The van der Waals surface area contributed by atoms with Gasteiger partial charge in [0, 0.05) is 17.3 Å². The maximum Gasteiger partial charge on any atom is 0.316 e. The number of rotatable bonds is 4. The molecule has 0 N–H and O–H groups in total. The number of nitrogens with zero attached hydrogens (tertiary/aromatic N) is 2. The van der Waals surface area contributed by atoms with Gasteiger partial charge >= 0.3 is 5.97 Å². The Morgan fingerprint density at radius 3 is 2.82 bits per heavy atom. The predicted octanol–water partition coefficient (Wildman–Crippen LogP) is 3.64. The second-order valence-corrected chi connectivity index (χ2v) is 8.30. The van der Waals surface area contributed by atoms with Crippen LogP contribution in [-0.2, 0) is 9.53 Å². The highest BCUT2D eigenvalue weighted by Crippen LogP contribution is 2.66. The number of hydrogen-bond donors (Lipinski definition) is 0. The first-order valence-electron chi connectivity index (χ1n) is 7.95. The standard InChI is InChI=1S/C17H24N2O2S/c1-11-6-8-18-15(19-11)22-10-14(20)21-13-9-12-5-7-17(13,4)16(12,2)3/h6,8,12-13H,5,7,9-10H2,1-4H3/t12-,13+,17+/m1/s1. The van der Waals surface area contributed by atoms with Crippen LogP contribution in [0.3, 0.4) is 0 Å². The first-order valence-corrected chi connectivity index (χ1v) is 8.93. The predicted molar refractivity (Wildman–Crippen MR) is 86.6 cm³/mol. The Kier molecular flexibility index (Phi) is 3.96. The van der Waals surface area contributed by atoms with Gasteiger partial charge in [0.2, 0.25) is 0 Å². The Balaban J connectivity index is 1.57. The second kappa shape index (κ2) is 5.52. The van der Waals surface area contributed by atoms with E-state index in [9.17, 15) is 4.79 Å². The van der Waals surface area contributed by atoms with Crippen molar-refractivity contribution in [1.29, 1.82) is 0 Å². The van der Waals surface area contributed by atoms with Crippen molar-refractivity contribution in [3.05, 3.63) is 18.0 Å². The van der Waals surface area contributed by atoms with Crippen LogP contribution in [0.2, 0.25) is 0 Å². The zero-order valence-corrected chi connectivity index (χ0v) is 14.6. The number of aromatic nitrogens is 2. The van der Waals surface area contributed by atoms with E-state index in [1.165, 1.54) is 18.2 Å². The zero-order chi connectivity index (χ0) is 16.0. The van der Waals surface area contributed by atoms with Gasteiger partial charge in [0.05, 0.1) is 5.75 Å². The van der Waals surface area contributed by atoms with Gasteiger partial charge in [0.1, 0.15) is 6.10 Å². The molecule has 3 rings (SSSR count). The van der Waals surface area contributed by atoms with Crippen molar-refractivity contribution in [3.8, 4) is 0 Å². The Morgan fingerprint density at radius 2 is 2.23 bits per heavy atom. The van der Waals surface area contributed by atoms with Gasteiger partial charge in [0.25, 0.3) is 0 Å². The van der Waals surface area contributed by atoms with Gasteiger partial charge in [-0.05, 0) is 43.6 Å². The number of aryl methyl sites for hydroxylation is 1. The van der Waals surface area contributed by atoms with Crippen LogP contribution in [-0.4, -0.2) is 27.8 Å². The molecule has 2 aliphatic carbocycles. The minimum atomic E-state index is -0.148. The van der Waals surface area contributed by atoms with Gasteiger partial charge in [-0.15, -0.1) is 0 Å². The normalized spacial score (nSPS) is 32.2. The second-order valence-electron chi connectivity index (χ2n) is 7.36. The van der Waals surface area contributed by atoms with Crippen LogP contribution in [0.15, 0.2) is 17.4 Å². The van der Waals surface area contributed by atoms with Crippen LogP contribution in [0.5, 0.6) is 0 Å². The highest BCUT2D eigenvalue weighted by molar-refractivity contribution is 7.99. The molecule has 0 unspecified atom stereocenters. The van der Waals surface area contributed by atoms with E-state index in [0.717, 1.165) is 18.5 Å². The van der Waals surface area contributed by atoms with E-state index in [0.29, 0.717) is 11.1 Å². The molecule has 0 aliphatic heterocycles. The fraction of sp³-hybridized carbons (Fsp3) is 0.706. The van der Waals surface area contributed by atoms with Crippen LogP contribution in [0, 0.1) is 23.7 Å². The molecule has 2 fully saturated rings. The summed E-state index contributed by atoms with van der Waals surface area (Å²) in [5, 5.41) is 0.636. The quantitative estimate of drug-likeness (QED) is 0.482. The Hall–Kier alpha value is -1.10. The fourth-order valence-corrected chi connectivity index (χ4v) is 4.78. The van der Waals surface area contributed by atoms with E-state index in [1.54, 1.807) is 6.20 Å². The van der Waals surface area contributed by atoms with Crippen molar-refractivity contribution in [3.63, 3.8) is 0 Å². The molecule has 2 saturated carbocycles. The Labute approximate surface area is 136 Å². The molecule has 1 heterocycles. The fourth-order valence-electron chi connectivity index (χ4n) is 4.12. The molecule has 4 nitrogen and oxygen atoms in total. The molecule has 22 heavy (non-hydrogen) atoms. The summed E-state index contributed by atoms with van der Waals surface area (Å²) in [7, 11) is 0. The molecular formula is C17H24N2O2S. The van der Waals surface area contributed by atoms with Crippen molar-refractivity contribution in [1.82, 2.24) is 9.97 Å². The van der Waals surface area contributed by atoms with E-state index in [1.807, 2.05) is 13.0 Å². The van der Waals surface area contributed by atoms with Gasteiger partial charge in [-0.3, -0.25) is 4.79 Å². The Morgan fingerprint density at radius 1 is 1.45 bits per heavy atom. The van der Waals surface area contributed by atoms with E-state index in [-0.39, 0.29) is 28.7 Å². The maximum atomic E-state index is 12.2. The lowest BCUT2D eigenvalue weighted by Crippen LogP contribution is -2.38. The average Bonchev–Trinajstić information content (AvgIpc) is 2.78. The van der Waals surface area contributed by atoms with Gasteiger partial charge in [0.15, 0.2) is 5.16 Å². The minimum absolute atomic E-state index is 0.0628. The molecular weight excluding hydrogens is 296 g/mol. The van der Waals surface area contributed by atoms with Crippen LogP contribution >= 0.6 is 11.8 Å². The van der Waals surface area contributed by atoms with Crippen molar-refractivity contribution >= 4 is 17.7 Å². The molecule has 2 aliphatic rings. The van der Waals surface area contributed by atoms with Gasteiger partial charge in [-0.2, -0.15) is 0 Å². The highest BCUT2D eigenvalue weighted by atomic mass is 32.2. The van der Waals surface area contributed by atoms with Crippen molar-refractivity contribution in [2.24, 2.45) is 16.7 Å². The SMILES string of the molecule is Cc1ccnc(SCC(=O)O[C@H]2C[C@H]3CC[C@]2(C)C3(C)C)n1. The largest absolute Gasteiger partial charge is 0.461 e. The molecule has 3 atom stereocenters. The lowest BCUT2D eigenvalue weighted by Gasteiger charge is -2.38. The molecule has 1 aromatic rings. The van der Waals surface area contributed by atoms with Gasteiger partial charge in [-0.25, -0.2) is 9.97 Å². The third kappa shape index (κ3) is 2.53. The zero-order valence-electron chi connectivity index (χ0n) is 13.8. The summed E-state index contributed by atoms with van der Waals surface area (Å²) in [5.74, 6) is 0.814. The number of carbonyl (C=O) groups is 1. The summed E-state index contributed by atoms with van der Waals surface area (Å²) in [4.78, 5) is 20.6. The first-order chi connectivity index (χ1) is 10.3. The summed E-state index contributed by atoms with van der Waals surface area (Å²) in [5.41, 5.74) is 1.30. The van der Waals surface area contributed by atoms with Crippen LogP contribution < -0.4 is 0 Å². The summed E-state index contributed by atoms with van der Waals surface area (Å²) >= 11 is 1.35. The number of fused-ring (bicyclic) bond motifs is 2. The smallest absolute Gasteiger partial charge is 0.316 e. The number of hydrogen-bond acceptors (Lipinski definition) is 5. The van der Waals surface area contributed by atoms with Crippen LogP contribution in [0.4, 0.5) is 0 Å². The third-order valence-electron chi connectivity index (χ3n) is 6.08. The topological polar surface area (TPSA) is 52.1 Å². The maximum absolute atomic E-state index is 12.2. The van der Waals surface area contributed by atoms with Crippen molar-refractivity contribution < 1.29 is 9.53 Å². The molecule has 1 aromatic heterocycles. The van der Waals surface area contributed by atoms with E-state index >= 15 is 0 Å². The van der Waals surface area contributed by atoms with Crippen LogP contribution in [0.1, 0.15) is 45.7 Å². The lowest BCUT2D eigenvalue weighted by atomic mass is 9.70. The van der Waals surface area contributed by atoms with Crippen LogP contribution in [0.25, 0.3) is 0 Å². The van der Waals surface area contributed by atoms with Crippen molar-refractivity contribution in [2.75, 3.05) is 5.75 Å². The molecule has 2 bridgehead atoms. The lowest BCUT2D eigenvalue weighted by molar-refractivity contribution is -0.153. The summed E-state index contributed by atoms with van der Waals surface area (Å²) in [6.45, 7) is 8.86. The monoisotopic (exact) mass is 320 g/mol. The summed E-state index contributed by atoms with van der Waals surface area (Å²) in [6.07, 6.45) is 5.23. The van der Waals surface area contributed by atoms with Crippen molar-refractivity contribution in [2.45, 2.75) is 58.2 Å². The number of ether oxygens (including phenoxy) is 1. The highest BCUT2D eigenvalue weighted by Gasteiger charge is 2.62. The summed E-state index contributed by atoms with van der Waals surface area (Å²) in [6, 6.07) is 1.85. The third-order valence-corrected chi connectivity index (χ3v) is 6.91. The molecule has 5 heteroatoms.